The zero-order valence-corrected chi connectivity index (χ0v) is 18.9. The Morgan fingerprint density at radius 3 is 2.52 bits per heavy atom. The summed E-state index contributed by atoms with van der Waals surface area (Å²) in [5.74, 6) is -0.220. The zero-order valence-electron chi connectivity index (χ0n) is 15.7. The molecule has 0 aromatic heterocycles. The van der Waals surface area contributed by atoms with E-state index in [1.807, 2.05) is 0 Å². The first kappa shape index (κ1) is 22.8. The van der Waals surface area contributed by atoms with Crippen molar-refractivity contribution >= 4 is 55.5 Å². The van der Waals surface area contributed by atoms with E-state index in [0.717, 1.165) is 6.08 Å². The molecule has 2 aromatic carbocycles. The van der Waals surface area contributed by atoms with Crippen LogP contribution in [0.3, 0.4) is 0 Å². The SMILES string of the molecule is CCOc1cc(/C=C/C(=O)O)c(Br)c(Br)c1OCC(=O)Nc1ccccc1OC. The minimum Gasteiger partial charge on any atom is -0.495 e. The van der Waals surface area contributed by atoms with E-state index in [1.165, 1.54) is 13.2 Å². The first-order chi connectivity index (χ1) is 13.9. The maximum Gasteiger partial charge on any atom is 0.328 e. The van der Waals surface area contributed by atoms with Gasteiger partial charge in [0.25, 0.3) is 5.91 Å². The summed E-state index contributed by atoms with van der Waals surface area (Å²) in [6, 6.07) is 8.67. The second kappa shape index (κ2) is 10.9. The Balaban J connectivity index is 2.21. The number of carbonyl (C=O) groups is 2. The number of rotatable bonds is 9. The van der Waals surface area contributed by atoms with Gasteiger partial charge in [0.2, 0.25) is 0 Å². The predicted octanol–water partition coefficient (Wildman–Crippen LogP) is 4.73. The van der Waals surface area contributed by atoms with Gasteiger partial charge in [-0.1, -0.05) is 12.1 Å². The fourth-order valence-corrected chi connectivity index (χ4v) is 3.32. The summed E-state index contributed by atoms with van der Waals surface area (Å²) in [6.07, 6.45) is 2.45. The van der Waals surface area contributed by atoms with Crippen molar-refractivity contribution in [2.45, 2.75) is 6.92 Å². The van der Waals surface area contributed by atoms with Gasteiger partial charge < -0.3 is 24.6 Å². The molecule has 0 saturated heterocycles. The third kappa shape index (κ3) is 6.23. The molecule has 2 aromatic rings. The average molecular weight is 529 g/mol. The number of para-hydroxylation sites is 2. The van der Waals surface area contributed by atoms with Crippen molar-refractivity contribution in [3.05, 3.63) is 50.9 Å². The molecule has 2 N–H and O–H groups in total. The Kier molecular flexibility index (Phi) is 8.53. The smallest absolute Gasteiger partial charge is 0.328 e. The molecule has 1 amide bonds. The fourth-order valence-electron chi connectivity index (χ4n) is 2.36. The van der Waals surface area contributed by atoms with E-state index < -0.39 is 5.97 Å². The van der Waals surface area contributed by atoms with Crippen molar-refractivity contribution in [3.8, 4) is 17.2 Å². The van der Waals surface area contributed by atoms with Crippen LogP contribution in [0.15, 0.2) is 45.4 Å². The largest absolute Gasteiger partial charge is 0.495 e. The molecule has 0 atom stereocenters. The summed E-state index contributed by atoms with van der Waals surface area (Å²) in [6.45, 7) is 1.90. The molecular weight excluding hydrogens is 510 g/mol. The molecule has 0 radical (unpaired) electrons. The number of carboxylic acids is 1. The van der Waals surface area contributed by atoms with Crippen LogP contribution in [0.5, 0.6) is 17.2 Å². The van der Waals surface area contributed by atoms with Crippen molar-refractivity contribution < 1.29 is 28.9 Å². The second-order valence-corrected chi connectivity index (χ2v) is 7.15. The molecule has 0 aliphatic rings. The lowest BCUT2D eigenvalue weighted by Crippen LogP contribution is -2.21. The van der Waals surface area contributed by atoms with Crippen LogP contribution in [0.2, 0.25) is 0 Å². The topological polar surface area (TPSA) is 94.1 Å². The minimum atomic E-state index is -1.07. The van der Waals surface area contributed by atoms with Gasteiger partial charge in [0.1, 0.15) is 5.75 Å². The molecule has 0 bridgehead atoms. The van der Waals surface area contributed by atoms with Crippen molar-refractivity contribution in [1.82, 2.24) is 0 Å². The van der Waals surface area contributed by atoms with Gasteiger partial charge in [0, 0.05) is 10.5 Å². The lowest BCUT2D eigenvalue weighted by atomic mass is 10.2. The van der Waals surface area contributed by atoms with Crippen LogP contribution < -0.4 is 19.5 Å². The number of carboxylic acid groups (broad SMARTS) is 1. The highest BCUT2D eigenvalue weighted by molar-refractivity contribution is 9.13. The summed E-state index contributed by atoms with van der Waals surface area (Å²) in [7, 11) is 1.52. The van der Waals surface area contributed by atoms with Gasteiger partial charge in [0.05, 0.1) is 23.9 Å². The van der Waals surface area contributed by atoms with Gasteiger partial charge in [-0.15, -0.1) is 0 Å². The van der Waals surface area contributed by atoms with E-state index in [1.54, 1.807) is 37.3 Å². The molecule has 0 fully saturated rings. The minimum absolute atomic E-state index is 0.270. The Hall–Kier alpha value is -2.52. The Morgan fingerprint density at radius 1 is 1.14 bits per heavy atom. The first-order valence-electron chi connectivity index (χ1n) is 8.48. The normalized spacial score (nSPS) is 10.6. The highest BCUT2D eigenvalue weighted by Gasteiger charge is 2.18. The van der Waals surface area contributed by atoms with Crippen LogP contribution in [-0.2, 0) is 9.59 Å². The molecule has 0 saturated carbocycles. The lowest BCUT2D eigenvalue weighted by Gasteiger charge is -2.16. The van der Waals surface area contributed by atoms with Crippen LogP contribution in [0.4, 0.5) is 5.69 Å². The fraction of sp³-hybridized carbons (Fsp3) is 0.200. The van der Waals surface area contributed by atoms with Crippen LogP contribution >= 0.6 is 31.9 Å². The molecular formula is C20H19Br2NO6. The number of amides is 1. The summed E-state index contributed by atoms with van der Waals surface area (Å²) >= 11 is 6.82. The van der Waals surface area contributed by atoms with Crippen molar-refractivity contribution in [2.75, 3.05) is 25.6 Å². The van der Waals surface area contributed by atoms with E-state index >= 15 is 0 Å². The molecule has 0 spiro atoms. The highest BCUT2D eigenvalue weighted by Crippen LogP contribution is 2.43. The second-order valence-electron chi connectivity index (χ2n) is 5.56. The average Bonchev–Trinajstić information content (AvgIpc) is 2.69. The van der Waals surface area contributed by atoms with E-state index in [9.17, 15) is 9.59 Å². The van der Waals surface area contributed by atoms with E-state index in [2.05, 4.69) is 37.2 Å². The molecule has 0 aliphatic heterocycles. The van der Waals surface area contributed by atoms with E-state index in [-0.39, 0.29) is 12.5 Å². The number of benzene rings is 2. The lowest BCUT2D eigenvalue weighted by molar-refractivity contribution is -0.131. The summed E-state index contributed by atoms with van der Waals surface area (Å²) in [4.78, 5) is 23.1. The molecule has 0 heterocycles. The number of aliphatic carboxylic acids is 1. The van der Waals surface area contributed by atoms with Crippen LogP contribution in [0.25, 0.3) is 6.08 Å². The maximum atomic E-state index is 12.3. The van der Waals surface area contributed by atoms with Gasteiger partial charge in [-0.2, -0.15) is 0 Å². The monoisotopic (exact) mass is 527 g/mol. The van der Waals surface area contributed by atoms with Crippen molar-refractivity contribution in [3.63, 3.8) is 0 Å². The standard InChI is InChI=1S/C20H19Br2NO6/c1-3-28-15-10-12(8-9-17(25)26)18(21)19(22)20(15)29-11-16(24)23-13-6-4-5-7-14(13)27-2/h4-10H,3,11H2,1-2H3,(H,23,24)(H,25,26)/b9-8+. The number of halogens is 2. The zero-order chi connectivity index (χ0) is 21.4. The summed E-state index contributed by atoms with van der Waals surface area (Å²) < 4.78 is 17.6. The number of anilines is 1. The molecule has 0 aliphatic carbocycles. The molecule has 29 heavy (non-hydrogen) atoms. The third-order valence-corrected chi connectivity index (χ3v) is 5.73. The van der Waals surface area contributed by atoms with Crippen LogP contribution in [-0.4, -0.2) is 37.3 Å². The van der Waals surface area contributed by atoms with Crippen molar-refractivity contribution in [2.24, 2.45) is 0 Å². The number of nitrogens with one attached hydrogen (secondary N) is 1. The number of hydrogen-bond acceptors (Lipinski definition) is 5. The van der Waals surface area contributed by atoms with Crippen LogP contribution in [0, 0.1) is 0 Å². The van der Waals surface area contributed by atoms with E-state index in [0.29, 0.717) is 44.1 Å². The first-order valence-corrected chi connectivity index (χ1v) is 10.1. The molecule has 9 heteroatoms. The number of hydrogen-bond donors (Lipinski definition) is 2. The predicted molar refractivity (Wildman–Crippen MR) is 117 cm³/mol. The van der Waals surface area contributed by atoms with Gasteiger partial charge in [-0.25, -0.2) is 4.79 Å². The van der Waals surface area contributed by atoms with Gasteiger partial charge in [-0.3, -0.25) is 4.79 Å². The van der Waals surface area contributed by atoms with E-state index in [4.69, 9.17) is 19.3 Å². The number of methoxy groups -OCH3 is 1. The number of carbonyl (C=O) groups excluding carboxylic acids is 1. The molecule has 154 valence electrons. The highest BCUT2D eigenvalue weighted by atomic mass is 79.9. The molecule has 7 nitrogen and oxygen atoms in total. The maximum absolute atomic E-state index is 12.3. The Labute approximate surface area is 184 Å². The summed E-state index contributed by atoms with van der Waals surface area (Å²) in [5.41, 5.74) is 1.11. The summed E-state index contributed by atoms with van der Waals surface area (Å²) in [5, 5.41) is 11.6. The van der Waals surface area contributed by atoms with Gasteiger partial charge in [0.15, 0.2) is 18.1 Å². The van der Waals surface area contributed by atoms with Gasteiger partial charge >= 0.3 is 5.97 Å². The third-order valence-electron chi connectivity index (χ3n) is 3.59. The van der Waals surface area contributed by atoms with Crippen molar-refractivity contribution in [1.29, 1.82) is 0 Å². The quantitative estimate of drug-likeness (QED) is 0.457. The van der Waals surface area contributed by atoms with Crippen LogP contribution in [0.1, 0.15) is 12.5 Å². The Morgan fingerprint density at radius 2 is 1.86 bits per heavy atom. The number of ether oxygens (including phenoxy) is 3. The Bertz CT molecular complexity index is 929. The molecule has 0 unspecified atom stereocenters. The van der Waals surface area contributed by atoms with Gasteiger partial charge in [-0.05, 0) is 68.6 Å². The molecule has 2 rings (SSSR count).